The molecule has 0 aliphatic rings. The van der Waals surface area contributed by atoms with E-state index in [0.717, 1.165) is 0 Å². The first-order valence-electron chi connectivity index (χ1n) is 4.29. The molecule has 0 heterocycles. The summed E-state index contributed by atoms with van der Waals surface area (Å²) in [5.41, 5.74) is 1.97. The molecule has 6 heteroatoms. The fourth-order valence-corrected chi connectivity index (χ4v) is 1.34. The van der Waals surface area contributed by atoms with Crippen LogP contribution in [0.2, 0.25) is 0 Å². The lowest BCUT2D eigenvalue weighted by atomic mass is 10.1. The Bertz CT molecular complexity index is 309. The molecule has 1 aromatic rings. The molecule has 6 nitrogen and oxygen atoms in total. The highest BCUT2D eigenvalue weighted by molar-refractivity contribution is 5.30. The average Bonchev–Trinajstić information content (AvgIpc) is 2.19. The topological polar surface area (TPSA) is 88.3 Å². The number of benzene rings is 1. The lowest BCUT2D eigenvalue weighted by Gasteiger charge is -2.02. The maximum atomic E-state index is 10.1. The third-order valence-corrected chi connectivity index (χ3v) is 1.85. The van der Waals surface area contributed by atoms with E-state index in [0.29, 0.717) is 16.7 Å². The summed E-state index contributed by atoms with van der Waals surface area (Å²) in [6.45, 7) is 0.0374. The highest BCUT2D eigenvalue weighted by atomic mass is 16.3. The predicted octanol–water partition coefficient (Wildman–Crippen LogP) is 2.49. The van der Waals surface area contributed by atoms with Crippen LogP contribution in [0.25, 0.3) is 0 Å². The Morgan fingerprint density at radius 3 is 1.13 bits per heavy atom. The zero-order valence-corrected chi connectivity index (χ0v) is 7.92. The molecule has 0 aliphatic heterocycles. The van der Waals surface area contributed by atoms with E-state index >= 15 is 0 Å². The van der Waals surface area contributed by atoms with E-state index < -0.39 is 0 Å². The number of hydrogen-bond acceptors (Lipinski definition) is 6. The molecule has 0 radical (unpaired) electrons. The van der Waals surface area contributed by atoms with Gasteiger partial charge in [-0.2, -0.15) is 14.7 Å². The van der Waals surface area contributed by atoms with Crippen LogP contribution in [-0.4, -0.2) is 0 Å². The first-order chi connectivity index (χ1) is 7.30. The van der Waals surface area contributed by atoms with E-state index in [1.807, 2.05) is 0 Å². The van der Waals surface area contributed by atoms with Crippen molar-refractivity contribution in [2.75, 3.05) is 0 Å². The monoisotopic (exact) mass is 207 g/mol. The molecular formula is C9H9N3O3. The summed E-state index contributed by atoms with van der Waals surface area (Å²) in [7, 11) is 0. The average molecular weight is 207 g/mol. The van der Waals surface area contributed by atoms with E-state index in [1.54, 1.807) is 18.2 Å². The molecule has 0 aliphatic carbocycles. The largest absolute Gasteiger partial charge is 0.150 e. The number of nitrogens with zero attached hydrogens (tertiary/aromatic N) is 3. The highest BCUT2D eigenvalue weighted by Crippen LogP contribution is 2.13. The minimum atomic E-state index is 0.0125. The molecular weight excluding hydrogens is 198 g/mol. The molecule has 0 N–H and O–H groups in total. The van der Waals surface area contributed by atoms with Crippen molar-refractivity contribution < 1.29 is 0 Å². The second-order valence-corrected chi connectivity index (χ2v) is 3.02. The Morgan fingerprint density at radius 2 is 0.933 bits per heavy atom. The molecule has 0 fully saturated rings. The van der Waals surface area contributed by atoms with Crippen molar-refractivity contribution >= 4 is 0 Å². The Labute approximate surface area is 85.6 Å². The van der Waals surface area contributed by atoms with Gasteiger partial charge in [0.05, 0.1) is 0 Å². The van der Waals surface area contributed by atoms with Crippen LogP contribution in [0.4, 0.5) is 0 Å². The smallest absolute Gasteiger partial charge is 0.106 e. The van der Waals surface area contributed by atoms with E-state index in [9.17, 15) is 14.7 Å². The van der Waals surface area contributed by atoms with Gasteiger partial charge in [0.15, 0.2) is 0 Å². The molecule has 0 amide bonds. The molecule has 0 saturated carbocycles. The molecule has 0 unspecified atom stereocenters. The molecule has 0 spiro atoms. The van der Waals surface area contributed by atoms with Gasteiger partial charge in [-0.25, -0.2) is 0 Å². The first-order valence-corrected chi connectivity index (χ1v) is 4.29. The molecule has 15 heavy (non-hydrogen) atoms. The van der Waals surface area contributed by atoms with E-state index in [2.05, 4.69) is 15.5 Å². The van der Waals surface area contributed by atoms with Crippen LogP contribution in [0.5, 0.6) is 0 Å². The van der Waals surface area contributed by atoms with E-state index in [1.165, 1.54) is 0 Å². The van der Waals surface area contributed by atoms with Crippen molar-refractivity contribution in [3.8, 4) is 0 Å². The quantitative estimate of drug-likeness (QED) is 0.671. The second-order valence-electron chi connectivity index (χ2n) is 3.02. The van der Waals surface area contributed by atoms with Gasteiger partial charge >= 0.3 is 0 Å². The lowest BCUT2D eigenvalue weighted by molar-refractivity contribution is 0.976. The minimum Gasteiger partial charge on any atom is -0.150 e. The van der Waals surface area contributed by atoms with Crippen molar-refractivity contribution in [3.05, 3.63) is 49.6 Å². The molecule has 0 bridgehead atoms. The number of hydrogen-bond donors (Lipinski definition) is 0. The number of nitroso groups, excluding NO2 is 3. The second kappa shape index (κ2) is 5.69. The first kappa shape index (κ1) is 11.1. The summed E-state index contributed by atoms with van der Waals surface area (Å²) in [5.74, 6) is 0. The maximum Gasteiger partial charge on any atom is 0.106 e. The van der Waals surface area contributed by atoms with Gasteiger partial charge < -0.3 is 0 Å². The van der Waals surface area contributed by atoms with Gasteiger partial charge in [-0.05, 0) is 16.7 Å². The Kier molecular flexibility index (Phi) is 4.21. The zero-order valence-electron chi connectivity index (χ0n) is 7.92. The van der Waals surface area contributed by atoms with Crippen molar-refractivity contribution in [3.63, 3.8) is 0 Å². The van der Waals surface area contributed by atoms with Crippen molar-refractivity contribution in [2.45, 2.75) is 19.6 Å². The maximum absolute atomic E-state index is 10.1. The third kappa shape index (κ3) is 3.34. The minimum absolute atomic E-state index is 0.0125. The molecule has 1 aromatic carbocycles. The van der Waals surface area contributed by atoms with Gasteiger partial charge in [0.2, 0.25) is 0 Å². The van der Waals surface area contributed by atoms with E-state index in [-0.39, 0.29) is 19.6 Å². The molecule has 0 atom stereocenters. The molecule has 0 saturated heterocycles. The van der Waals surface area contributed by atoms with Crippen LogP contribution in [0.15, 0.2) is 33.7 Å². The van der Waals surface area contributed by atoms with Crippen LogP contribution in [0, 0.1) is 14.7 Å². The fraction of sp³-hybridized carbons (Fsp3) is 0.333. The SMILES string of the molecule is O=NCc1cc(CN=O)cc(CN=O)c1. The standard InChI is InChI=1S/C9H9N3O3/c13-10-4-7-1-8(5-11-14)3-9(2-7)6-12-15/h1-3H,4-6H2. The van der Waals surface area contributed by atoms with Gasteiger partial charge in [-0.1, -0.05) is 33.7 Å². The lowest BCUT2D eigenvalue weighted by Crippen LogP contribution is -1.91. The van der Waals surface area contributed by atoms with Gasteiger partial charge in [-0.3, -0.25) is 0 Å². The highest BCUT2D eigenvalue weighted by Gasteiger charge is 2.02. The van der Waals surface area contributed by atoms with Crippen LogP contribution < -0.4 is 0 Å². The molecule has 78 valence electrons. The summed E-state index contributed by atoms with van der Waals surface area (Å²) in [6.07, 6.45) is 0. The summed E-state index contributed by atoms with van der Waals surface area (Å²) >= 11 is 0. The van der Waals surface area contributed by atoms with Crippen LogP contribution in [0.1, 0.15) is 16.7 Å². The summed E-state index contributed by atoms with van der Waals surface area (Å²) in [6, 6.07) is 4.99. The Balaban J connectivity index is 3.00. The van der Waals surface area contributed by atoms with Crippen LogP contribution in [0.3, 0.4) is 0 Å². The van der Waals surface area contributed by atoms with Crippen molar-refractivity contribution in [1.82, 2.24) is 0 Å². The zero-order chi connectivity index (χ0) is 11.1. The van der Waals surface area contributed by atoms with Gasteiger partial charge in [0.1, 0.15) is 19.6 Å². The molecule has 1 rings (SSSR count). The van der Waals surface area contributed by atoms with Gasteiger partial charge in [-0.15, -0.1) is 0 Å². The third-order valence-electron chi connectivity index (χ3n) is 1.85. The van der Waals surface area contributed by atoms with Gasteiger partial charge in [0, 0.05) is 0 Å². The summed E-state index contributed by atoms with van der Waals surface area (Å²) < 4.78 is 0. The summed E-state index contributed by atoms with van der Waals surface area (Å²) in [5, 5.41) is 8.22. The van der Waals surface area contributed by atoms with E-state index in [4.69, 9.17) is 0 Å². The predicted molar refractivity (Wildman–Crippen MR) is 54.9 cm³/mol. The van der Waals surface area contributed by atoms with Crippen molar-refractivity contribution in [2.24, 2.45) is 15.5 Å². The van der Waals surface area contributed by atoms with Gasteiger partial charge in [0.25, 0.3) is 0 Å². The normalized spacial score (nSPS) is 9.60. The Morgan fingerprint density at radius 1 is 0.667 bits per heavy atom. The van der Waals surface area contributed by atoms with Crippen molar-refractivity contribution in [1.29, 1.82) is 0 Å². The summed E-state index contributed by atoms with van der Waals surface area (Å²) in [4.78, 5) is 30.3. The Hall–Kier alpha value is -1.98. The number of rotatable bonds is 6. The van der Waals surface area contributed by atoms with Crippen LogP contribution in [-0.2, 0) is 19.6 Å². The molecule has 0 aromatic heterocycles. The van der Waals surface area contributed by atoms with Crippen LogP contribution >= 0.6 is 0 Å². The fourth-order valence-electron chi connectivity index (χ4n) is 1.34.